The van der Waals surface area contributed by atoms with Gasteiger partial charge >= 0.3 is 0 Å². The molecule has 0 radical (unpaired) electrons. The molecule has 5 aliphatic carbocycles. The van der Waals surface area contributed by atoms with Crippen LogP contribution in [-0.4, -0.2) is 30.8 Å². The maximum Gasteiger partial charge on any atom is 0.239 e. The summed E-state index contributed by atoms with van der Waals surface area (Å²) in [6.07, 6.45) is 10.3. The summed E-state index contributed by atoms with van der Waals surface area (Å²) >= 11 is 0. The van der Waals surface area contributed by atoms with E-state index in [1.54, 1.807) is 0 Å². The zero-order chi connectivity index (χ0) is 18.4. The highest BCUT2D eigenvalue weighted by Gasteiger charge is 2.54. The molecule has 0 heterocycles. The van der Waals surface area contributed by atoms with Crippen molar-refractivity contribution in [2.75, 3.05) is 13.1 Å². The lowest BCUT2D eigenvalue weighted by molar-refractivity contribution is -0.147. The summed E-state index contributed by atoms with van der Waals surface area (Å²) in [5.41, 5.74) is 4.73. The first-order chi connectivity index (χ1) is 12.4. The van der Waals surface area contributed by atoms with Crippen molar-refractivity contribution in [1.82, 2.24) is 10.6 Å². The molecule has 5 fully saturated rings. The quantitative estimate of drug-likeness (QED) is 0.668. The second-order valence-corrected chi connectivity index (χ2v) is 9.51. The average Bonchev–Trinajstić information content (AvgIpc) is 3.07. The van der Waals surface area contributed by atoms with E-state index in [-0.39, 0.29) is 36.2 Å². The number of carbonyl (C=O) groups excluding carboxylic acids is 3. The van der Waals surface area contributed by atoms with Gasteiger partial charge in [0.1, 0.15) is 0 Å². The van der Waals surface area contributed by atoms with E-state index in [0.29, 0.717) is 17.8 Å². The van der Waals surface area contributed by atoms with Crippen LogP contribution in [0.15, 0.2) is 0 Å². The zero-order valence-electron chi connectivity index (χ0n) is 15.5. The van der Waals surface area contributed by atoms with E-state index >= 15 is 0 Å². The smallest absolute Gasteiger partial charge is 0.239 e. The predicted molar refractivity (Wildman–Crippen MR) is 96.7 cm³/mol. The second-order valence-electron chi connectivity index (χ2n) is 9.51. The van der Waals surface area contributed by atoms with Crippen molar-refractivity contribution >= 4 is 17.7 Å². The van der Waals surface area contributed by atoms with Gasteiger partial charge in [-0.15, -0.1) is 0 Å². The maximum atomic E-state index is 12.9. The van der Waals surface area contributed by atoms with E-state index in [4.69, 9.17) is 5.73 Å². The third-order valence-corrected chi connectivity index (χ3v) is 7.64. The van der Waals surface area contributed by atoms with Crippen molar-refractivity contribution in [2.24, 2.45) is 34.3 Å². The molecule has 0 atom stereocenters. The fraction of sp³-hybridized carbons (Fsp3) is 0.850. The third-order valence-electron chi connectivity index (χ3n) is 7.64. The van der Waals surface area contributed by atoms with Gasteiger partial charge in [0.25, 0.3) is 0 Å². The zero-order valence-corrected chi connectivity index (χ0v) is 15.5. The number of hydrogen-bond acceptors (Lipinski definition) is 3. The van der Waals surface area contributed by atoms with Gasteiger partial charge in [-0.2, -0.15) is 0 Å². The van der Waals surface area contributed by atoms with Crippen LogP contribution in [0.5, 0.6) is 0 Å². The summed E-state index contributed by atoms with van der Waals surface area (Å²) < 4.78 is 0. The van der Waals surface area contributed by atoms with E-state index in [1.807, 2.05) is 0 Å². The summed E-state index contributed by atoms with van der Waals surface area (Å²) in [7, 11) is 0. The van der Waals surface area contributed by atoms with Crippen LogP contribution in [-0.2, 0) is 14.4 Å². The molecule has 0 aromatic heterocycles. The minimum atomic E-state index is -0.598. The Morgan fingerprint density at radius 2 is 1.42 bits per heavy atom. The van der Waals surface area contributed by atoms with Crippen LogP contribution in [0.2, 0.25) is 0 Å². The number of nitrogens with two attached hydrogens (primary N) is 1. The lowest BCUT2D eigenvalue weighted by Gasteiger charge is -2.55. The summed E-state index contributed by atoms with van der Waals surface area (Å²) in [6, 6.07) is 0. The van der Waals surface area contributed by atoms with E-state index < -0.39 is 5.41 Å². The van der Waals surface area contributed by atoms with Gasteiger partial charge in [-0.05, 0) is 69.1 Å². The van der Waals surface area contributed by atoms with Crippen molar-refractivity contribution in [1.29, 1.82) is 0 Å². The van der Waals surface area contributed by atoms with Crippen molar-refractivity contribution in [3.05, 3.63) is 0 Å². The van der Waals surface area contributed by atoms with E-state index in [0.717, 1.165) is 44.9 Å². The lowest BCUT2D eigenvalue weighted by atomic mass is 9.49. The monoisotopic (exact) mass is 361 g/mol. The number of primary amides is 1. The third kappa shape index (κ3) is 3.12. The first kappa shape index (κ1) is 17.8. The fourth-order valence-corrected chi connectivity index (χ4v) is 6.63. The molecule has 5 aliphatic rings. The van der Waals surface area contributed by atoms with Crippen LogP contribution >= 0.6 is 0 Å². The molecule has 0 spiro atoms. The number of carbonyl (C=O) groups is 3. The first-order valence-corrected chi connectivity index (χ1v) is 10.3. The van der Waals surface area contributed by atoms with Crippen molar-refractivity contribution in [2.45, 2.75) is 64.2 Å². The molecule has 6 nitrogen and oxygen atoms in total. The van der Waals surface area contributed by atoms with Crippen LogP contribution < -0.4 is 16.4 Å². The standard InChI is InChI=1S/C20H31N3O3/c21-17(25)19(3-1-2-4-19)12-23-16(24)11-22-18(26)20-8-13-5-14(9-20)7-15(6-13)10-20/h13-15H,1-12H2,(H2,21,25)(H,22,26)(H,23,24). The molecule has 0 aliphatic heterocycles. The minimum absolute atomic E-state index is 0.00454. The molecule has 0 aromatic carbocycles. The lowest BCUT2D eigenvalue weighted by Crippen LogP contribution is -2.55. The molecule has 6 heteroatoms. The SMILES string of the molecule is NC(=O)C1(CNC(=O)CNC(=O)C23CC4CC(CC(C4)C2)C3)CCCC1. The minimum Gasteiger partial charge on any atom is -0.369 e. The highest BCUT2D eigenvalue weighted by atomic mass is 16.2. The van der Waals surface area contributed by atoms with Gasteiger partial charge in [0, 0.05) is 12.0 Å². The molecule has 3 amide bonds. The van der Waals surface area contributed by atoms with Crippen LogP contribution in [0.25, 0.3) is 0 Å². The number of rotatable bonds is 6. The van der Waals surface area contributed by atoms with E-state index in [9.17, 15) is 14.4 Å². The molecule has 4 N–H and O–H groups in total. The molecular formula is C20H31N3O3. The van der Waals surface area contributed by atoms with Crippen molar-refractivity contribution < 1.29 is 14.4 Å². The molecule has 5 saturated carbocycles. The molecular weight excluding hydrogens is 330 g/mol. The predicted octanol–water partition coefficient (Wildman–Crippen LogP) is 1.48. The van der Waals surface area contributed by atoms with Gasteiger partial charge in [0.2, 0.25) is 17.7 Å². The Morgan fingerprint density at radius 3 is 1.92 bits per heavy atom. The molecule has 0 unspecified atom stereocenters. The number of amides is 3. The highest BCUT2D eigenvalue weighted by molar-refractivity contribution is 5.88. The first-order valence-electron chi connectivity index (χ1n) is 10.3. The summed E-state index contributed by atoms with van der Waals surface area (Å²) in [6.45, 7) is 0.282. The Hall–Kier alpha value is -1.59. The highest BCUT2D eigenvalue weighted by Crippen LogP contribution is 2.60. The van der Waals surface area contributed by atoms with Crippen molar-refractivity contribution in [3.63, 3.8) is 0 Å². The molecule has 144 valence electrons. The Kier molecular flexibility index (Phi) is 4.48. The molecule has 0 saturated heterocycles. The summed E-state index contributed by atoms with van der Waals surface area (Å²) in [5.74, 6) is 1.64. The maximum absolute atomic E-state index is 12.9. The van der Waals surface area contributed by atoms with Gasteiger partial charge in [0.05, 0.1) is 12.0 Å². The number of hydrogen-bond donors (Lipinski definition) is 3. The Bertz CT molecular complexity index is 574. The Labute approximate surface area is 155 Å². The molecule has 26 heavy (non-hydrogen) atoms. The fourth-order valence-electron chi connectivity index (χ4n) is 6.63. The van der Waals surface area contributed by atoms with Gasteiger partial charge in [0.15, 0.2) is 0 Å². The molecule has 5 rings (SSSR count). The van der Waals surface area contributed by atoms with Crippen LogP contribution in [0.1, 0.15) is 64.2 Å². The second kappa shape index (κ2) is 6.54. The Balaban J connectivity index is 1.28. The van der Waals surface area contributed by atoms with Gasteiger partial charge in [-0.25, -0.2) is 0 Å². The molecule has 4 bridgehead atoms. The van der Waals surface area contributed by atoms with Gasteiger partial charge < -0.3 is 16.4 Å². The number of nitrogens with one attached hydrogen (secondary N) is 2. The van der Waals surface area contributed by atoms with Gasteiger partial charge in [-0.3, -0.25) is 14.4 Å². The van der Waals surface area contributed by atoms with E-state index in [1.165, 1.54) is 19.3 Å². The van der Waals surface area contributed by atoms with Crippen LogP contribution in [0, 0.1) is 28.6 Å². The van der Waals surface area contributed by atoms with Gasteiger partial charge in [-0.1, -0.05) is 12.8 Å². The molecule has 0 aromatic rings. The Morgan fingerprint density at radius 1 is 0.885 bits per heavy atom. The van der Waals surface area contributed by atoms with Crippen LogP contribution in [0.3, 0.4) is 0 Å². The summed E-state index contributed by atoms with van der Waals surface area (Å²) in [4.78, 5) is 36.8. The average molecular weight is 361 g/mol. The largest absolute Gasteiger partial charge is 0.369 e. The van der Waals surface area contributed by atoms with Crippen molar-refractivity contribution in [3.8, 4) is 0 Å². The van der Waals surface area contributed by atoms with Crippen LogP contribution in [0.4, 0.5) is 0 Å². The summed E-state index contributed by atoms with van der Waals surface area (Å²) in [5, 5.41) is 5.71. The van der Waals surface area contributed by atoms with E-state index in [2.05, 4.69) is 10.6 Å². The normalized spacial score (nSPS) is 36.7. The topological polar surface area (TPSA) is 101 Å².